The minimum absolute atomic E-state index is 0.279. The monoisotopic (exact) mass is 414 g/mol. The summed E-state index contributed by atoms with van der Waals surface area (Å²) in [5.41, 5.74) is 4.17. The van der Waals surface area contributed by atoms with Gasteiger partial charge in [0.2, 0.25) is 0 Å². The maximum absolute atomic E-state index is 12.0. The van der Waals surface area contributed by atoms with Gasteiger partial charge in [-0.3, -0.25) is 0 Å². The molecule has 0 spiro atoms. The summed E-state index contributed by atoms with van der Waals surface area (Å²) in [7, 11) is 0. The van der Waals surface area contributed by atoms with E-state index in [1.165, 1.54) is 22.7 Å². The van der Waals surface area contributed by atoms with Crippen LogP contribution in [-0.4, -0.2) is 25.2 Å². The first-order valence-electron chi connectivity index (χ1n) is 9.10. The van der Waals surface area contributed by atoms with Gasteiger partial charge in [-0.1, -0.05) is 24.3 Å². The van der Waals surface area contributed by atoms with Crippen LogP contribution in [0.3, 0.4) is 0 Å². The summed E-state index contributed by atoms with van der Waals surface area (Å²) < 4.78 is 10.2. The Hall–Kier alpha value is -2.44. The molecule has 2 aromatic heterocycles. The predicted molar refractivity (Wildman–Crippen MR) is 114 cm³/mol. The smallest absolute Gasteiger partial charge is 0.348 e. The Morgan fingerprint density at radius 2 is 1.11 bits per heavy atom. The highest BCUT2D eigenvalue weighted by atomic mass is 32.1. The van der Waals surface area contributed by atoms with Crippen LogP contribution in [0, 0.1) is 13.8 Å². The molecule has 3 aromatic rings. The van der Waals surface area contributed by atoms with E-state index in [1.807, 2.05) is 50.2 Å². The lowest BCUT2D eigenvalue weighted by atomic mass is 10.0. The Balaban J connectivity index is 1.87. The number of ether oxygens (including phenoxy) is 2. The van der Waals surface area contributed by atoms with Crippen molar-refractivity contribution in [2.24, 2.45) is 0 Å². The minimum Gasteiger partial charge on any atom is -0.462 e. The second-order valence-corrected chi connectivity index (χ2v) is 8.69. The van der Waals surface area contributed by atoms with Crippen LogP contribution < -0.4 is 0 Å². The van der Waals surface area contributed by atoms with Gasteiger partial charge in [0.1, 0.15) is 9.75 Å². The largest absolute Gasteiger partial charge is 0.462 e. The fourth-order valence-corrected chi connectivity index (χ4v) is 4.84. The molecule has 0 N–H and O–H groups in total. The number of hydrogen-bond donors (Lipinski definition) is 0. The van der Waals surface area contributed by atoms with Gasteiger partial charge in [-0.15, -0.1) is 22.7 Å². The zero-order chi connectivity index (χ0) is 20.3. The SMILES string of the molecule is CCOC(=O)c1cc(-c2ccc(-c3cc(C(=O)OCC)sc3C)cc2)c(C)s1. The molecule has 2 heterocycles. The summed E-state index contributed by atoms with van der Waals surface area (Å²) >= 11 is 2.89. The molecule has 0 aliphatic carbocycles. The number of carbonyl (C=O) groups excluding carboxylic acids is 2. The number of thiophene rings is 2. The second-order valence-electron chi connectivity index (χ2n) is 6.18. The fraction of sp³-hybridized carbons (Fsp3) is 0.273. The van der Waals surface area contributed by atoms with Crippen LogP contribution in [0.25, 0.3) is 22.3 Å². The van der Waals surface area contributed by atoms with Crippen LogP contribution in [0.15, 0.2) is 36.4 Å². The molecular weight excluding hydrogens is 392 g/mol. The summed E-state index contributed by atoms with van der Waals surface area (Å²) in [5, 5.41) is 0. The molecular formula is C22H22O4S2. The Kier molecular flexibility index (Phi) is 6.31. The maximum atomic E-state index is 12.0. The van der Waals surface area contributed by atoms with E-state index in [1.54, 1.807) is 13.8 Å². The molecule has 0 aliphatic rings. The lowest BCUT2D eigenvalue weighted by molar-refractivity contribution is 0.0522. The highest BCUT2D eigenvalue weighted by Gasteiger charge is 2.16. The standard InChI is InChI=1S/C22H22O4S2/c1-5-25-21(23)19-11-17(13(3)27-19)15-7-9-16(10-8-15)18-12-20(28-14(18)4)22(24)26-6-2/h7-12H,5-6H2,1-4H3. The first-order valence-corrected chi connectivity index (χ1v) is 10.7. The van der Waals surface area contributed by atoms with Crippen LogP contribution in [0.5, 0.6) is 0 Å². The normalized spacial score (nSPS) is 10.7. The van der Waals surface area contributed by atoms with E-state index in [-0.39, 0.29) is 11.9 Å². The summed E-state index contributed by atoms with van der Waals surface area (Å²) in [6.07, 6.45) is 0. The molecule has 0 radical (unpaired) electrons. The van der Waals surface area contributed by atoms with E-state index in [0.717, 1.165) is 32.0 Å². The lowest BCUT2D eigenvalue weighted by Crippen LogP contribution is -2.01. The zero-order valence-electron chi connectivity index (χ0n) is 16.3. The Morgan fingerprint density at radius 1 is 0.750 bits per heavy atom. The number of hydrogen-bond acceptors (Lipinski definition) is 6. The topological polar surface area (TPSA) is 52.6 Å². The van der Waals surface area contributed by atoms with Crippen molar-refractivity contribution < 1.29 is 19.1 Å². The summed E-state index contributed by atoms with van der Waals surface area (Å²) in [6, 6.07) is 11.9. The molecule has 0 aliphatic heterocycles. The second kappa shape index (κ2) is 8.71. The average Bonchev–Trinajstić information content (AvgIpc) is 3.25. The van der Waals surface area contributed by atoms with E-state index >= 15 is 0 Å². The third-order valence-electron chi connectivity index (χ3n) is 4.30. The number of carbonyl (C=O) groups is 2. The molecule has 0 fully saturated rings. The van der Waals surface area contributed by atoms with Gasteiger partial charge in [0, 0.05) is 9.75 Å². The molecule has 28 heavy (non-hydrogen) atoms. The van der Waals surface area contributed by atoms with Crippen molar-refractivity contribution in [3.8, 4) is 22.3 Å². The molecule has 0 atom stereocenters. The van der Waals surface area contributed by atoms with Crippen LogP contribution in [0.1, 0.15) is 42.9 Å². The van der Waals surface area contributed by atoms with Crippen LogP contribution in [-0.2, 0) is 9.47 Å². The Bertz CT molecular complexity index is 915. The third-order valence-corrected chi connectivity index (χ3v) is 6.36. The molecule has 0 saturated carbocycles. The number of aryl methyl sites for hydroxylation is 2. The summed E-state index contributed by atoms with van der Waals surface area (Å²) in [6.45, 7) is 8.35. The van der Waals surface area contributed by atoms with E-state index < -0.39 is 0 Å². The minimum atomic E-state index is -0.279. The summed E-state index contributed by atoms with van der Waals surface area (Å²) in [4.78, 5) is 27.3. The first kappa shape index (κ1) is 20.3. The molecule has 0 bridgehead atoms. The van der Waals surface area contributed by atoms with Crippen molar-refractivity contribution in [3.05, 3.63) is 55.9 Å². The van der Waals surface area contributed by atoms with E-state index in [4.69, 9.17) is 9.47 Å². The molecule has 3 rings (SSSR count). The van der Waals surface area contributed by atoms with Gasteiger partial charge in [0.05, 0.1) is 13.2 Å². The van der Waals surface area contributed by atoms with Crippen LogP contribution in [0.4, 0.5) is 0 Å². The average molecular weight is 415 g/mol. The molecule has 146 valence electrons. The van der Waals surface area contributed by atoms with Crippen molar-refractivity contribution in [2.45, 2.75) is 27.7 Å². The first-order chi connectivity index (χ1) is 13.4. The van der Waals surface area contributed by atoms with Crippen LogP contribution >= 0.6 is 22.7 Å². The van der Waals surface area contributed by atoms with Crippen LogP contribution in [0.2, 0.25) is 0 Å². The van der Waals surface area contributed by atoms with Crippen molar-refractivity contribution in [3.63, 3.8) is 0 Å². The van der Waals surface area contributed by atoms with Crippen molar-refractivity contribution in [2.75, 3.05) is 13.2 Å². The maximum Gasteiger partial charge on any atom is 0.348 e. The Morgan fingerprint density at radius 3 is 1.43 bits per heavy atom. The van der Waals surface area contributed by atoms with Crippen molar-refractivity contribution >= 4 is 34.6 Å². The number of benzene rings is 1. The van der Waals surface area contributed by atoms with Gasteiger partial charge in [0.25, 0.3) is 0 Å². The molecule has 4 nitrogen and oxygen atoms in total. The quantitative estimate of drug-likeness (QED) is 0.456. The van der Waals surface area contributed by atoms with Gasteiger partial charge in [0.15, 0.2) is 0 Å². The van der Waals surface area contributed by atoms with Gasteiger partial charge >= 0.3 is 11.9 Å². The number of rotatable bonds is 6. The highest BCUT2D eigenvalue weighted by Crippen LogP contribution is 2.35. The Labute approximate surface area is 172 Å². The van der Waals surface area contributed by atoms with Gasteiger partial charge in [-0.2, -0.15) is 0 Å². The van der Waals surface area contributed by atoms with Crippen molar-refractivity contribution in [1.82, 2.24) is 0 Å². The zero-order valence-corrected chi connectivity index (χ0v) is 18.0. The van der Waals surface area contributed by atoms with Gasteiger partial charge < -0.3 is 9.47 Å². The van der Waals surface area contributed by atoms with E-state index in [9.17, 15) is 9.59 Å². The lowest BCUT2D eigenvalue weighted by Gasteiger charge is -2.04. The molecule has 0 saturated heterocycles. The molecule has 0 unspecified atom stereocenters. The van der Waals surface area contributed by atoms with Gasteiger partial charge in [-0.25, -0.2) is 9.59 Å². The van der Waals surface area contributed by atoms with Crippen molar-refractivity contribution in [1.29, 1.82) is 0 Å². The number of esters is 2. The third kappa shape index (κ3) is 4.18. The molecule has 0 amide bonds. The molecule has 6 heteroatoms. The highest BCUT2D eigenvalue weighted by molar-refractivity contribution is 7.14. The summed E-state index contributed by atoms with van der Waals surface area (Å²) in [5.74, 6) is -0.558. The predicted octanol–water partition coefficient (Wildman–Crippen LogP) is 6.11. The molecule has 1 aromatic carbocycles. The van der Waals surface area contributed by atoms with Gasteiger partial charge in [-0.05, 0) is 62.1 Å². The van der Waals surface area contributed by atoms with E-state index in [2.05, 4.69) is 0 Å². The van der Waals surface area contributed by atoms with E-state index in [0.29, 0.717) is 23.0 Å². The fourth-order valence-electron chi connectivity index (χ4n) is 2.97.